The van der Waals surface area contributed by atoms with E-state index in [1.54, 1.807) is 0 Å². The zero-order chi connectivity index (χ0) is 13.1. The molecule has 0 saturated heterocycles. The second-order valence-electron chi connectivity index (χ2n) is 4.32. The Morgan fingerprint density at radius 3 is 2.41 bits per heavy atom. The number of pyridine rings is 1. The monoisotopic (exact) mass is 238 g/mol. The molecule has 0 unspecified atom stereocenters. The summed E-state index contributed by atoms with van der Waals surface area (Å²) in [6, 6.07) is 1.45. The Morgan fingerprint density at radius 2 is 2.00 bits per heavy atom. The summed E-state index contributed by atoms with van der Waals surface area (Å²) >= 11 is 0. The molecule has 3 nitrogen and oxygen atoms in total. The topological polar surface area (TPSA) is 33.2 Å². The van der Waals surface area contributed by atoms with Gasteiger partial charge in [0.25, 0.3) is 0 Å². The average molecular weight is 238 g/mol. The Labute approximate surface area is 102 Å². The Hall–Kier alpha value is -1.29. The molecule has 0 fully saturated rings. The maximum absolute atomic E-state index is 13.6. The van der Waals surface area contributed by atoms with Crippen molar-refractivity contribution in [2.75, 3.05) is 14.1 Å². The lowest BCUT2D eigenvalue weighted by molar-refractivity contribution is 0.0651. The van der Waals surface area contributed by atoms with Crippen LogP contribution in [0.5, 0.6) is 0 Å². The number of aromatic nitrogens is 1. The zero-order valence-electron chi connectivity index (χ0n) is 10.8. The molecule has 1 aromatic heterocycles. The number of Topliss-reactive ketones (excluding diaryl/α,β-unsaturated/α-hetero) is 1. The van der Waals surface area contributed by atoms with E-state index in [1.807, 2.05) is 32.8 Å². The van der Waals surface area contributed by atoms with E-state index in [1.165, 1.54) is 12.3 Å². The number of carbonyl (C=O) groups excluding carboxylic acids is 1. The quantitative estimate of drug-likeness (QED) is 0.739. The molecule has 17 heavy (non-hydrogen) atoms. The third-order valence-electron chi connectivity index (χ3n) is 3.47. The van der Waals surface area contributed by atoms with Crippen LogP contribution in [0.15, 0.2) is 18.5 Å². The highest BCUT2D eigenvalue weighted by atomic mass is 19.1. The van der Waals surface area contributed by atoms with Gasteiger partial charge in [0.15, 0.2) is 11.6 Å². The summed E-state index contributed by atoms with van der Waals surface area (Å²) in [4.78, 5) is 18.0. The van der Waals surface area contributed by atoms with Gasteiger partial charge in [-0.05, 0) is 33.0 Å². The van der Waals surface area contributed by atoms with Crippen LogP contribution in [-0.4, -0.2) is 35.3 Å². The van der Waals surface area contributed by atoms with E-state index < -0.39 is 11.4 Å². The number of hydrogen-bond donors (Lipinski definition) is 0. The molecule has 0 N–H and O–H groups in total. The second-order valence-corrected chi connectivity index (χ2v) is 4.32. The average Bonchev–Trinajstić information content (AvgIpc) is 2.31. The highest BCUT2D eigenvalue weighted by Gasteiger charge is 2.38. The van der Waals surface area contributed by atoms with Crippen LogP contribution in [0.4, 0.5) is 4.39 Å². The van der Waals surface area contributed by atoms with Crippen molar-refractivity contribution in [3.63, 3.8) is 0 Å². The fourth-order valence-electron chi connectivity index (χ4n) is 2.22. The van der Waals surface area contributed by atoms with Crippen molar-refractivity contribution in [3.05, 3.63) is 29.8 Å². The van der Waals surface area contributed by atoms with Gasteiger partial charge < -0.3 is 0 Å². The van der Waals surface area contributed by atoms with Crippen LogP contribution in [0.1, 0.15) is 37.0 Å². The van der Waals surface area contributed by atoms with Crippen LogP contribution in [-0.2, 0) is 0 Å². The van der Waals surface area contributed by atoms with Crippen LogP contribution >= 0.6 is 0 Å². The summed E-state index contributed by atoms with van der Waals surface area (Å²) in [6.07, 6.45) is 3.83. The summed E-state index contributed by atoms with van der Waals surface area (Å²) in [5.41, 5.74) is -0.514. The third kappa shape index (κ3) is 2.36. The molecule has 0 aliphatic carbocycles. The molecule has 0 amide bonds. The van der Waals surface area contributed by atoms with Crippen molar-refractivity contribution < 1.29 is 9.18 Å². The van der Waals surface area contributed by atoms with Gasteiger partial charge in [-0.1, -0.05) is 13.8 Å². The molecular formula is C13H19FN2O. The maximum atomic E-state index is 13.6. The molecule has 0 aliphatic rings. The minimum atomic E-state index is -0.637. The van der Waals surface area contributed by atoms with E-state index in [2.05, 4.69) is 4.98 Å². The first-order chi connectivity index (χ1) is 7.99. The number of nitrogens with zero attached hydrogens (tertiary/aromatic N) is 2. The van der Waals surface area contributed by atoms with Gasteiger partial charge in [-0.2, -0.15) is 0 Å². The van der Waals surface area contributed by atoms with Crippen LogP contribution in [0.3, 0.4) is 0 Å². The summed E-state index contributed by atoms with van der Waals surface area (Å²) < 4.78 is 13.6. The van der Waals surface area contributed by atoms with Crippen LogP contribution in [0, 0.1) is 5.82 Å². The largest absolute Gasteiger partial charge is 0.297 e. The number of rotatable bonds is 5. The number of ketones is 1. The summed E-state index contributed by atoms with van der Waals surface area (Å²) in [7, 11) is 3.70. The minimum Gasteiger partial charge on any atom is -0.297 e. The summed E-state index contributed by atoms with van der Waals surface area (Å²) in [5, 5.41) is 0. The van der Waals surface area contributed by atoms with E-state index in [0.717, 1.165) is 6.20 Å². The first kappa shape index (κ1) is 13.8. The lowest BCUT2D eigenvalue weighted by Gasteiger charge is -2.37. The lowest BCUT2D eigenvalue weighted by atomic mass is 9.83. The SMILES string of the molecule is CCC(CC)(C(=O)c1ccncc1F)N(C)C. The normalized spacial score (nSPS) is 11.9. The van der Waals surface area contributed by atoms with Crippen molar-refractivity contribution in [2.45, 2.75) is 32.2 Å². The molecule has 1 rings (SSSR count). The first-order valence-corrected chi connectivity index (χ1v) is 5.81. The summed E-state index contributed by atoms with van der Waals surface area (Å²) in [5.74, 6) is -0.724. The number of halogens is 1. The van der Waals surface area contributed by atoms with Crippen molar-refractivity contribution in [1.29, 1.82) is 0 Å². The molecule has 1 aromatic rings. The standard InChI is InChI=1S/C13H19FN2O/c1-5-13(6-2,16(3)4)12(17)10-7-8-15-9-11(10)14/h7-9H,5-6H2,1-4H3. The van der Waals surface area contributed by atoms with E-state index in [4.69, 9.17) is 0 Å². The van der Waals surface area contributed by atoms with E-state index in [0.29, 0.717) is 12.8 Å². The molecule has 0 bridgehead atoms. The zero-order valence-corrected chi connectivity index (χ0v) is 10.8. The van der Waals surface area contributed by atoms with Gasteiger partial charge in [-0.15, -0.1) is 0 Å². The molecule has 0 saturated carbocycles. The lowest BCUT2D eigenvalue weighted by Crippen LogP contribution is -2.50. The van der Waals surface area contributed by atoms with Gasteiger partial charge in [0.05, 0.1) is 17.3 Å². The highest BCUT2D eigenvalue weighted by Crippen LogP contribution is 2.27. The van der Waals surface area contributed by atoms with Crippen molar-refractivity contribution in [2.24, 2.45) is 0 Å². The second kappa shape index (κ2) is 5.36. The van der Waals surface area contributed by atoms with E-state index >= 15 is 0 Å². The van der Waals surface area contributed by atoms with E-state index in [9.17, 15) is 9.18 Å². The Balaban J connectivity index is 3.22. The summed E-state index contributed by atoms with van der Waals surface area (Å²) in [6.45, 7) is 3.89. The molecule has 94 valence electrons. The Bertz CT molecular complexity index is 400. The van der Waals surface area contributed by atoms with Gasteiger partial charge in [0.1, 0.15) is 0 Å². The van der Waals surface area contributed by atoms with Gasteiger partial charge in [0, 0.05) is 6.20 Å². The number of hydrogen-bond acceptors (Lipinski definition) is 3. The van der Waals surface area contributed by atoms with Gasteiger partial charge in [0.2, 0.25) is 0 Å². The molecule has 0 aliphatic heterocycles. The smallest absolute Gasteiger partial charge is 0.186 e. The first-order valence-electron chi connectivity index (χ1n) is 5.81. The molecule has 0 spiro atoms. The molecule has 4 heteroatoms. The van der Waals surface area contributed by atoms with Crippen molar-refractivity contribution in [1.82, 2.24) is 9.88 Å². The van der Waals surface area contributed by atoms with Gasteiger partial charge >= 0.3 is 0 Å². The van der Waals surface area contributed by atoms with Crippen LogP contribution in [0.2, 0.25) is 0 Å². The van der Waals surface area contributed by atoms with Crippen molar-refractivity contribution >= 4 is 5.78 Å². The van der Waals surface area contributed by atoms with Crippen LogP contribution < -0.4 is 0 Å². The van der Waals surface area contributed by atoms with Gasteiger partial charge in [-0.25, -0.2) is 4.39 Å². The maximum Gasteiger partial charge on any atom is 0.186 e. The predicted molar refractivity (Wildman–Crippen MR) is 65.5 cm³/mol. The Morgan fingerprint density at radius 1 is 1.41 bits per heavy atom. The fourth-order valence-corrected chi connectivity index (χ4v) is 2.22. The van der Waals surface area contributed by atoms with Crippen molar-refractivity contribution in [3.8, 4) is 0 Å². The molecular weight excluding hydrogens is 219 g/mol. The minimum absolute atomic E-state index is 0.123. The van der Waals surface area contributed by atoms with Gasteiger partial charge in [-0.3, -0.25) is 14.7 Å². The third-order valence-corrected chi connectivity index (χ3v) is 3.47. The molecule has 0 atom stereocenters. The Kier molecular flexibility index (Phi) is 4.34. The van der Waals surface area contributed by atoms with E-state index in [-0.39, 0.29) is 11.3 Å². The predicted octanol–water partition coefficient (Wildman–Crippen LogP) is 2.52. The number of likely N-dealkylation sites (N-methyl/N-ethyl adjacent to an activating group) is 1. The van der Waals surface area contributed by atoms with Crippen LogP contribution in [0.25, 0.3) is 0 Å². The fraction of sp³-hybridized carbons (Fsp3) is 0.538. The number of carbonyl (C=O) groups is 1. The molecule has 0 radical (unpaired) electrons. The molecule has 1 heterocycles. The molecule has 0 aromatic carbocycles. The highest BCUT2D eigenvalue weighted by molar-refractivity contribution is 6.03.